The molecule has 1 aliphatic rings. The van der Waals surface area contributed by atoms with Gasteiger partial charge in [-0.2, -0.15) is 11.8 Å². The Balaban J connectivity index is 1.88. The van der Waals surface area contributed by atoms with Crippen molar-refractivity contribution in [1.29, 1.82) is 0 Å². The van der Waals surface area contributed by atoms with Gasteiger partial charge in [-0.05, 0) is 28.5 Å². The summed E-state index contributed by atoms with van der Waals surface area (Å²) in [5.74, 6) is 2.09. The van der Waals surface area contributed by atoms with Crippen molar-refractivity contribution in [2.45, 2.75) is 0 Å². The lowest BCUT2D eigenvalue weighted by atomic mass is 10.1. The first kappa shape index (κ1) is 10.6. The van der Waals surface area contributed by atoms with Gasteiger partial charge in [0, 0.05) is 30.2 Å². The highest BCUT2D eigenvalue weighted by Crippen LogP contribution is 2.16. The number of carbonyl (C=O) groups excluding carboxylic acids is 1. The Morgan fingerprint density at radius 3 is 2.82 bits per heavy atom. The molecule has 0 unspecified atom stereocenters. The fourth-order valence-corrected chi connectivity index (χ4v) is 2.77. The minimum absolute atomic E-state index is 0.0650. The highest BCUT2D eigenvalue weighted by atomic mass is 32.2. The zero-order valence-corrected chi connectivity index (χ0v) is 9.94. The molecule has 6 heteroatoms. The van der Waals surface area contributed by atoms with E-state index in [-0.39, 0.29) is 5.91 Å². The van der Waals surface area contributed by atoms with E-state index in [1.54, 1.807) is 18.2 Å². The highest BCUT2D eigenvalue weighted by Gasteiger charge is 2.18. The Morgan fingerprint density at radius 1 is 1.24 bits per heavy atom. The molecule has 1 saturated heterocycles. The van der Waals surface area contributed by atoms with Gasteiger partial charge < -0.3 is 4.90 Å². The molecular formula is C11H11N3O2S. The average molecular weight is 249 g/mol. The summed E-state index contributed by atoms with van der Waals surface area (Å²) < 4.78 is 4.62. The number of thioether (sulfide) groups is 1. The normalized spacial score (nSPS) is 16.4. The second-order valence-electron chi connectivity index (χ2n) is 3.87. The molecule has 0 bridgehead atoms. The van der Waals surface area contributed by atoms with Crippen LogP contribution in [0.25, 0.3) is 11.0 Å². The van der Waals surface area contributed by atoms with E-state index < -0.39 is 0 Å². The maximum atomic E-state index is 12.2. The molecule has 1 aromatic carbocycles. The number of hydrogen-bond donors (Lipinski definition) is 0. The van der Waals surface area contributed by atoms with Gasteiger partial charge in [0.2, 0.25) is 0 Å². The van der Waals surface area contributed by atoms with Crippen molar-refractivity contribution in [3.05, 3.63) is 23.8 Å². The van der Waals surface area contributed by atoms with Crippen LogP contribution in [0, 0.1) is 0 Å². The van der Waals surface area contributed by atoms with Crippen molar-refractivity contribution in [1.82, 2.24) is 15.2 Å². The van der Waals surface area contributed by atoms with Gasteiger partial charge in [-0.15, -0.1) is 0 Å². The SMILES string of the molecule is O=C(c1ccc2nonc2c1)N1CCSCC1. The van der Waals surface area contributed by atoms with Crippen LogP contribution in [0.2, 0.25) is 0 Å². The number of rotatable bonds is 1. The number of hydrogen-bond acceptors (Lipinski definition) is 5. The summed E-state index contributed by atoms with van der Waals surface area (Å²) >= 11 is 1.88. The summed E-state index contributed by atoms with van der Waals surface area (Å²) in [4.78, 5) is 14.1. The molecule has 17 heavy (non-hydrogen) atoms. The molecule has 88 valence electrons. The Morgan fingerprint density at radius 2 is 2.00 bits per heavy atom. The molecule has 1 aliphatic heterocycles. The molecule has 3 rings (SSSR count). The van der Waals surface area contributed by atoms with Gasteiger partial charge in [-0.1, -0.05) is 0 Å². The number of fused-ring (bicyclic) bond motifs is 1. The second kappa shape index (κ2) is 4.37. The van der Waals surface area contributed by atoms with E-state index in [1.165, 1.54) is 0 Å². The number of carbonyl (C=O) groups is 1. The van der Waals surface area contributed by atoms with Gasteiger partial charge in [0.1, 0.15) is 11.0 Å². The van der Waals surface area contributed by atoms with E-state index in [2.05, 4.69) is 14.9 Å². The van der Waals surface area contributed by atoms with Crippen molar-refractivity contribution in [2.24, 2.45) is 0 Å². The summed E-state index contributed by atoms with van der Waals surface area (Å²) in [6.45, 7) is 1.64. The molecule has 0 spiro atoms. The molecule has 2 aromatic rings. The Hall–Kier alpha value is -1.56. The van der Waals surface area contributed by atoms with Crippen LogP contribution in [0.4, 0.5) is 0 Å². The lowest BCUT2D eigenvalue weighted by Gasteiger charge is -2.26. The monoisotopic (exact) mass is 249 g/mol. The second-order valence-corrected chi connectivity index (χ2v) is 5.10. The van der Waals surface area contributed by atoms with E-state index in [4.69, 9.17) is 0 Å². The predicted octanol–water partition coefficient (Wildman–Crippen LogP) is 1.41. The van der Waals surface area contributed by atoms with E-state index >= 15 is 0 Å². The van der Waals surface area contributed by atoms with Gasteiger partial charge in [0.05, 0.1) is 0 Å². The highest BCUT2D eigenvalue weighted by molar-refractivity contribution is 7.99. The Bertz CT molecular complexity index is 548. The smallest absolute Gasteiger partial charge is 0.253 e. The van der Waals surface area contributed by atoms with Crippen molar-refractivity contribution >= 4 is 28.7 Å². The molecule has 1 aromatic heterocycles. The van der Waals surface area contributed by atoms with Crippen LogP contribution in [-0.2, 0) is 0 Å². The quantitative estimate of drug-likeness (QED) is 0.764. The Kier molecular flexibility index (Phi) is 2.72. The molecule has 2 heterocycles. The van der Waals surface area contributed by atoms with Crippen LogP contribution >= 0.6 is 11.8 Å². The first-order valence-corrected chi connectivity index (χ1v) is 6.59. The zero-order valence-electron chi connectivity index (χ0n) is 9.13. The number of nitrogens with zero attached hydrogens (tertiary/aromatic N) is 3. The third-order valence-electron chi connectivity index (χ3n) is 2.80. The van der Waals surface area contributed by atoms with Crippen LogP contribution in [0.5, 0.6) is 0 Å². The molecule has 1 amide bonds. The minimum Gasteiger partial charge on any atom is -0.337 e. The fraction of sp³-hybridized carbons (Fsp3) is 0.364. The minimum atomic E-state index is 0.0650. The lowest BCUT2D eigenvalue weighted by molar-refractivity contribution is 0.0772. The van der Waals surface area contributed by atoms with Crippen LogP contribution in [-0.4, -0.2) is 45.7 Å². The van der Waals surface area contributed by atoms with Crippen molar-refractivity contribution in [3.8, 4) is 0 Å². The average Bonchev–Trinajstić information content (AvgIpc) is 2.86. The topological polar surface area (TPSA) is 59.2 Å². The zero-order chi connectivity index (χ0) is 11.7. The Labute approximate surface area is 102 Å². The van der Waals surface area contributed by atoms with Gasteiger partial charge in [-0.25, -0.2) is 4.63 Å². The van der Waals surface area contributed by atoms with E-state index in [0.29, 0.717) is 16.6 Å². The molecule has 0 radical (unpaired) electrons. The molecule has 0 atom stereocenters. The third kappa shape index (κ3) is 2.00. The van der Waals surface area contributed by atoms with E-state index in [0.717, 1.165) is 24.6 Å². The number of benzene rings is 1. The lowest BCUT2D eigenvalue weighted by Crippen LogP contribution is -2.37. The summed E-state index contributed by atoms with van der Waals surface area (Å²) in [6, 6.07) is 5.27. The number of amides is 1. The maximum Gasteiger partial charge on any atom is 0.253 e. The first-order chi connectivity index (χ1) is 8.34. The van der Waals surface area contributed by atoms with Gasteiger partial charge in [0.15, 0.2) is 0 Å². The largest absolute Gasteiger partial charge is 0.337 e. The molecule has 0 N–H and O–H groups in total. The van der Waals surface area contributed by atoms with Gasteiger partial charge in [-0.3, -0.25) is 4.79 Å². The molecule has 0 saturated carbocycles. The van der Waals surface area contributed by atoms with Crippen LogP contribution in [0.1, 0.15) is 10.4 Å². The first-order valence-electron chi connectivity index (χ1n) is 5.44. The van der Waals surface area contributed by atoms with E-state index in [1.807, 2.05) is 16.7 Å². The maximum absolute atomic E-state index is 12.2. The van der Waals surface area contributed by atoms with Crippen molar-refractivity contribution in [3.63, 3.8) is 0 Å². The molecule has 5 nitrogen and oxygen atoms in total. The predicted molar refractivity (Wildman–Crippen MR) is 65.0 cm³/mol. The van der Waals surface area contributed by atoms with Crippen molar-refractivity contribution < 1.29 is 9.42 Å². The fourth-order valence-electron chi connectivity index (χ4n) is 1.86. The third-order valence-corrected chi connectivity index (χ3v) is 3.74. The molecule has 0 aliphatic carbocycles. The standard InChI is InChI=1S/C11H11N3O2S/c15-11(14-3-5-17-6-4-14)8-1-2-9-10(7-8)13-16-12-9/h1-2,7H,3-6H2. The van der Waals surface area contributed by atoms with Crippen LogP contribution < -0.4 is 0 Å². The van der Waals surface area contributed by atoms with Gasteiger partial charge in [0.25, 0.3) is 5.91 Å². The summed E-state index contributed by atoms with van der Waals surface area (Å²) in [6.07, 6.45) is 0. The number of aromatic nitrogens is 2. The van der Waals surface area contributed by atoms with Gasteiger partial charge >= 0.3 is 0 Å². The summed E-state index contributed by atoms with van der Waals surface area (Å²) in [5, 5.41) is 7.46. The van der Waals surface area contributed by atoms with E-state index in [9.17, 15) is 4.79 Å². The summed E-state index contributed by atoms with van der Waals surface area (Å²) in [5.41, 5.74) is 1.96. The van der Waals surface area contributed by atoms with Crippen molar-refractivity contribution in [2.75, 3.05) is 24.6 Å². The molecule has 1 fully saturated rings. The summed E-state index contributed by atoms with van der Waals surface area (Å²) in [7, 11) is 0. The van der Waals surface area contributed by atoms with Crippen LogP contribution in [0.15, 0.2) is 22.8 Å². The molecular weight excluding hydrogens is 238 g/mol. The van der Waals surface area contributed by atoms with Crippen LogP contribution in [0.3, 0.4) is 0 Å².